The molecule has 0 saturated heterocycles. The monoisotopic (exact) mass is 560 g/mol. The van der Waals surface area contributed by atoms with Gasteiger partial charge in [0, 0.05) is 34.5 Å². The van der Waals surface area contributed by atoms with Crippen LogP contribution in [-0.4, -0.2) is 52.9 Å². The first-order valence-corrected chi connectivity index (χ1v) is 13.1. The number of benzene rings is 2. The molecule has 1 heterocycles. The molecule has 0 aliphatic carbocycles. The van der Waals surface area contributed by atoms with Crippen LogP contribution >= 0.6 is 0 Å². The van der Waals surface area contributed by atoms with Crippen molar-refractivity contribution in [2.45, 2.75) is 40.2 Å². The molecule has 2 amide bonds. The maximum atomic E-state index is 13.4. The Morgan fingerprint density at radius 2 is 1.63 bits per heavy atom. The van der Waals surface area contributed by atoms with Gasteiger partial charge in [-0.2, -0.15) is 0 Å². The Hall–Kier alpha value is -4.77. The molecule has 0 bridgehead atoms. The number of carbonyl (C=O) groups is 3. The molecule has 3 rings (SSSR count). The van der Waals surface area contributed by atoms with Gasteiger partial charge in [-0.1, -0.05) is 26.8 Å². The fraction of sp³-hybridized carbons (Fsp3) is 0.300. The van der Waals surface area contributed by atoms with Gasteiger partial charge in [0.25, 0.3) is 11.8 Å². The minimum absolute atomic E-state index is 0.0676. The topological polar surface area (TPSA) is 194 Å². The molecule has 0 aliphatic rings. The second-order valence-electron chi connectivity index (χ2n) is 10.5. The lowest BCUT2D eigenvalue weighted by atomic mass is 9.84. The predicted molar refractivity (Wildman–Crippen MR) is 158 cm³/mol. The van der Waals surface area contributed by atoms with E-state index < -0.39 is 17.8 Å². The molecular weight excluding hydrogens is 524 g/mol. The Bertz CT molecular complexity index is 1450. The van der Waals surface area contributed by atoms with Gasteiger partial charge in [-0.25, -0.2) is 9.78 Å². The van der Waals surface area contributed by atoms with Crippen LogP contribution in [0.3, 0.4) is 0 Å². The van der Waals surface area contributed by atoms with Crippen LogP contribution in [-0.2, 0) is 0 Å². The van der Waals surface area contributed by atoms with Gasteiger partial charge < -0.3 is 31.9 Å². The number of anilines is 1. The van der Waals surface area contributed by atoms with E-state index in [0.29, 0.717) is 30.8 Å². The number of nitrogens with one attached hydrogen (secondary N) is 3. The molecule has 0 spiro atoms. The Balaban J connectivity index is 2.03. The lowest BCUT2D eigenvalue weighted by molar-refractivity contribution is 0.0697. The van der Waals surface area contributed by atoms with Gasteiger partial charge in [0.2, 0.25) is 5.88 Å². The van der Waals surface area contributed by atoms with Crippen LogP contribution in [0.15, 0.2) is 54.6 Å². The zero-order chi connectivity index (χ0) is 30.3. The van der Waals surface area contributed by atoms with Crippen molar-refractivity contribution in [3.63, 3.8) is 0 Å². The molecule has 0 saturated carbocycles. The van der Waals surface area contributed by atoms with Gasteiger partial charge in [0.05, 0.1) is 12.2 Å². The number of amidine groups is 1. The van der Waals surface area contributed by atoms with Crippen LogP contribution in [0.4, 0.5) is 5.69 Å². The van der Waals surface area contributed by atoms with E-state index in [0.717, 1.165) is 0 Å². The molecule has 216 valence electrons. The molecule has 41 heavy (non-hydrogen) atoms. The molecule has 0 aliphatic heterocycles. The van der Waals surface area contributed by atoms with Gasteiger partial charge in [-0.15, -0.1) is 0 Å². The Morgan fingerprint density at radius 1 is 1.00 bits per heavy atom. The summed E-state index contributed by atoms with van der Waals surface area (Å²) in [5.74, 6) is -2.23. The summed E-state index contributed by atoms with van der Waals surface area (Å²) >= 11 is 0. The van der Waals surface area contributed by atoms with Crippen LogP contribution in [0.2, 0.25) is 0 Å². The number of hydrogen-bond acceptors (Lipinski definition) is 7. The maximum absolute atomic E-state index is 13.4. The van der Waals surface area contributed by atoms with Crippen molar-refractivity contribution < 1.29 is 24.2 Å². The first-order chi connectivity index (χ1) is 19.3. The number of pyridine rings is 1. The largest absolute Gasteiger partial charge is 0.478 e. The highest BCUT2D eigenvalue weighted by atomic mass is 16.5. The Kier molecular flexibility index (Phi) is 9.80. The molecule has 0 radical (unpaired) electrons. The minimum Gasteiger partial charge on any atom is -0.478 e. The highest BCUT2D eigenvalue weighted by molar-refractivity contribution is 6.10. The van der Waals surface area contributed by atoms with Crippen LogP contribution in [0.1, 0.15) is 70.9 Å². The number of aromatic nitrogens is 1. The van der Waals surface area contributed by atoms with E-state index in [1.807, 2.05) is 20.8 Å². The summed E-state index contributed by atoms with van der Waals surface area (Å²) in [5, 5.41) is 23.3. The standard InChI is InChI=1S/C30H36N6O5/c1-5-41-24-13-12-21(25(36-24)28(38)34-19-9-6-17(7-10-19)26(32)33)20-11-8-18(16-22(20)29(39)40)27(37)35-23(14-15-31)30(2,3)4/h6-13,16,23H,5,14-15,31H2,1-4H3,(H3,32,33)(H,34,38)(H,35,37)(H,39,40)/t23-/m0/s1. The average Bonchev–Trinajstić information content (AvgIpc) is 2.92. The summed E-state index contributed by atoms with van der Waals surface area (Å²) in [7, 11) is 0. The number of amides is 2. The van der Waals surface area contributed by atoms with Gasteiger partial charge in [0.1, 0.15) is 11.5 Å². The van der Waals surface area contributed by atoms with Crippen LogP contribution in [0.25, 0.3) is 11.1 Å². The first kappa shape index (κ1) is 30.8. The van der Waals surface area contributed by atoms with Crippen molar-refractivity contribution in [1.82, 2.24) is 10.3 Å². The van der Waals surface area contributed by atoms with Gasteiger partial charge in [-0.05, 0) is 73.3 Å². The van der Waals surface area contributed by atoms with E-state index in [2.05, 4.69) is 15.6 Å². The van der Waals surface area contributed by atoms with E-state index in [9.17, 15) is 19.5 Å². The number of carbonyl (C=O) groups excluding carboxylic acids is 2. The maximum Gasteiger partial charge on any atom is 0.336 e. The number of nitrogens with zero attached hydrogens (tertiary/aromatic N) is 1. The molecule has 1 atom stereocenters. The van der Waals surface area contributed by atoms with Crippen molar-refractivity contribution in [2.24, 2.45) is 16.9 Å². The van der Waals surface area contributed by atoms with Gasteiger partial charge >= 0.3 is 5.97 Å². The highest BCUT2D eigenvalue weighted by Crippen LogP contribution is 2.30. The molecule has 8 N–H and O–H groups in total. The van der Waals surface area contributed by atoms with Crippen molar-refractivity contribution in [3.05, 3.63) is 77.0 Å². The normalized spacial score (nSPS) is 11.8. The van der Waals surface area contributed by atoms with Gasteiger partial charge in [-0.3, -0.25) is 15.0 Å². The third kappa shape index (κ3) is 7.67. The molecule has 0 fully saturated rings. The quantitative estimate of drug-likeness (QED) is 0.150. The SMILES string of the molecule is CCOc1ccc(-c2ccc(C(=O)N[C@@H](CCN)C(C)(C)C)cc2C(=O)O)c(C(=O)Nc2ccc(C(=N)N)cc2)n1. The third-order valence-electron chi connectivity index (χ3n) is 6.44. The van der Waals surface area contributed by atoms with E-state index in [-0.39, 0.29) is 51.1 Å². The summed E-state index contributed by atoms with van der Waals surface area (Å²) in [6.45, 7) is 8.44. The molecular formula is C30H36N6O5. The first-order valence-electron chi connectivity index (χ1n) is 13.1. The number of aromatic carboxylic acids is 1. The fourth-order valence-corrected chi connectivity index (χ4v) is 4.21. The third-order valence-corrected chi connectivity index (χ3v) is 6.44. The lowest BCUT2D eigenvalue weighted by Gasteiger charge is -2.31. The Morgan fingerprint density at radius 3 is 2.20 bits per heavy atom. The lowest BCUT2D eigenvalue weighted by Crippen LogP contribution is -2.44. The van der Waals surface area contributed by atoms with Crippen LogP contribution < -0.4 is 26.8 Å². The number of hydrogen-bond donors (Lipinski definition) is 6. The van der Waals surface area contributed by atoms with E-state index in [4.69, 9.17) is 21.6 Å². The van der Waals surface area contributed by atoms with E-state index in [1.54, 1.807) is 43.3 Å². The summed E-state index contributed by atoms with van der Waals surface area (Å²) < 4.78 is 5.49. The average molecular weight is 561 g/mol. The summed E-state index contributed by atoms with van der Waals surface area (Å²) in [6, 6.07) is 13.5. The molecule has 3 aromatic rings. The molecule has 11 nitrogen and oxygen atoms in total. The summed E-state index contributed by atoms with van der Waals surface area (Å²) in [4.78, 5) is 43.2. The highest BCUT2D eigenvalue weighted by Gasteiger charge is 2.27. The van der Waals surface area contributed by atoms with Crippen LogP contribution in [0, 0.1) is 10.8 Å². The zero-order valence-corrected chi connectivity index (χ0v) is 23.6. The Labute approximate surface area is 238 Å². The van der Waals surface area contributed by atoms with Crippen LogP contribution in [0.5, 0.6) is 5.88 Å². The molecule has 11 heteroatoms. The summed E-state index contributed by atoms with van der Waals surface area (Å²) in [5.41, 5.74) is 12.3. The number of nitrogens with two attached hydrogens (primary N) is 2. The molecule has 2 aromatic carbocycles. The predicted octanol–water partition coefficient (Wildman–Crippen LogP) is 3.88. The van der Waals surface area contributed by atoms with E-state index >= 15 is 0 Å². The number of nitrogen functional groups attached to an aromatic ring is 1. The second-order valence-corrected chi connectivity index (χ2v) is 10.5. The summed E-state index contributed by atoms with van der Waals surface area (Å²) in [6.07, 6.45) is 0.562. The number of ether oxygens (including phenoxy) is 1. The smallest absolute Gasteiger partial charge is 0.336 e. The molecule has 0 unspecified atom stereocenters. The minimum atomic E-state index is -1.27. The van der Waals surface area contributed by atoms with Gasteiger partial charge in [0.15, 0.2) is 0 Å². The number of rotatable bonds is 11. The number of carboxylic acids is 1. The van der Waals surface area contributed by atoms with Crippen molar-refractivity contribution >= 4 is 29.3 Å². The molecule has 1 aromatic heterocycles. The number of carboxylic acid groups (broad SMARTS) is 1. The fourth-order valence-electron chi connectivity index (χ4n) is 4.21. The van der Waals surface area contributed by atoms with E-state index in [1.165, 1.54) is 18.2 Å². The van der Waals surface area contributed by atoms with Crippen molar-refractivity contribution in [1.29, 1.82) is 5.41 Å². The second kappa shape index (κ2) is 13.1. The van der Waals surface area contributed by atoms with Crippen molar-refractivity contribution in [3.8, 4) is 17.0 Å². The van der Waals surface area contributed by atoms with Crippen molar-refractivity contribution in [2.75, 3.05) is 18.5 Å². The zero-order valence-electron chi connectivity index (χ0n) is 23.6.